The van der Waals surface area contributed by atoms with E-state index in [9.17, 15) is 4.39 Å². The van der Waals surface area contributed by atoms with Crippen LogP contribution < -0.4 is 0 Å². The van der Waals surface area contributed by atoms with Crippen LogP contribution in [0, 0.1) is 11.2 Å². The predicted octanol–water partition coefficient (Wildman–Crippen LogP) is 4.76. The molecular weight excluding hydrogens is 286 g/mol. The molecule has 3 rings (SSSR count). The lowest BCUT2D eigenvalue weighted by Gasteiger charge is -2.39. The molecule has 1 heterocycles. The number of rotatable bonds is 3. The van der Waals surface area contributed by atoms with Crippen LogP contribution in [0.25, 0.3) is 11.0 Å². The summed E-state index contributed by atoms with van der Waals surface area (Å²) in [6, 6.07) is 3.03. The van der Waals surface area contributed by atoms with E-state index < -0.39 is 5.82 Å². The second kappa shape index (κ2) is 4.64. The van der Waals surface area contributed by atoms with Crippen LogP contribution >= 0.6 is 23.2 Å². The third-order valence-electron chi connectivity index (χ3n) is 4.09. The van der Waals surface area contributed by atoms with Crippen LogP contribution in [0.5, 0.6) is 0 Å². The van der Waals surface area contributed by atoms with E-state index >= 15 is 0 Å². The van der Waals surface area contributed by atoms with Crippen molar-refractivity contribution in [2.45, 2.75) is 38.6 Å². The van der Waals surface area contributed by atoms with Crippen LogP contribution in [0.4, 0.5) is 4.39 Å². The number of fused-ring (bicyclic) bond motifs is 1. The molecule has 0 N–H and O–H groups in total. The molecule has 1 aromatic heterocycles. The molecule has 0 radical (unpaired) electrons. The summed E-state index contributed by atoms with van der Waals surface area (Å²) in [5.41, 5.74) is 1.78. The number of benzene rings is 1. The molecule has 1 fully saturated rings. The van der Waals surface area contributed by atoms with Crippen LogP contribution in [0.3, 0.4) is 0 Å². The average Bonchev–Trinajstić information content (AvgIpc) is 2.66. The highest BCUT2D eigenvalue weighted by atomic mass is 35.5. The third kappa shape index (κ3) is 2.23. The minimum absolute atomic E-state index is 0.105. The van der Waals surface area contributed by atoms with Gasteiger partial charge in [-0.3, -0.25) is 0 Å². The highest BCUT2D eigenvalue weighted by molar-refractivity contribution is 6.31. The van der Waals surface area contributed by atoms with Crippen molar-refractivity contribution in [2.24, 2.45) is 5.41 Å². The van der Waals surface area contributed by atoms with E-state index in [0.29, 0.717) is 11.4 Å². The molecule has 102 valence electrons. The number of halogens is 3. The summed E-state index contributed by atoms with van der Waals surface area (Å²) in [7, 11) is 0. The first-order chi connectivity index (χ1) is 9.02. The molecule has 2 aromatic rings. The molecular formula is C14H15Cl2FN2. The topological polar surface area (TPSA) is 17.8 Å². The zero-order chi connectivity index (χ0) is 13.6. The third-order valence-corrected chi connectivity index (χ3v) is 4.62. The first kappa shape index (κ1) is 13.2. The number of hydrogen-bond acceptors (Lipinski definition) is 1. The van der Waals surface area contributed by atoms with E-state index in [1.807, 2.05) is 4.57 Å². The van der Waals surface area contributed by atoms with Crippen molar-refractivity contribution in [1.82, 2.24) is 9.55 Å². The average molecular weight is 301 g/mol. The largest absolute Gasteiger partial charge is 0.326 e. The zero-order valence-electron chi connectivity index (χ0n) is 10.7. The summed E-state index contributed by atoms with van der Waals surface area (Å²) >= 11 is 11.8. The zero-order valence-corrected chi connectivity index (χ0v) is 12.2. The molecule has 0 unspecified atom stereocenters. The Labute approximate surface area is 121 Å². The molecule has 19 heavy (non-hydrogen) atoms. The van der Waals surface area contributed by atoms with E-state index in [-0.39, 0.29) is 10.4 Å². The molecule has 0 saturated heterocycles. The lowest BCUT2D eigenvalue weighted by atomic mass is 9.70. The van der Waals surface area contributed by atoms with Crippen molar-refractivity contribution in [3.05, 3.63) is 28.8 Å². The van der Waals surface area contributed by atoms with E-state index in [1.165, 1.54) is 25.3 Å². The smallest absolute Gasteiger partial charge is 0.144 e. The Bertz CT molecular complexity index is 632. The molecule has 1 saturated carbocycles. The molecule has 0 aliphatic heterocycles. The van der Waals surface area contributed by atoms with Crippen molar-refractivity contribution in [3.8, 4) is 0 Å². The monoisotopic (exact) mass is 300 g/mol. The predicted molar refractivity (Wildman–Crippen MR) is 76.2 cm³/mol. The molecule has 0 amide bonds. The Morgan fingerprint density at radius 1 is 1.42 bits per heavy atom. The quantitative estimate of drug-likeness (QED) is 0.747. The van der Waals surface area contributed by atoms with Gasteiger partial charge in [0.1, 0.15) is 11.6 Å². The van der Waals surface area contributed by atoms with Crippen LogP contribution in [0.2, 0.25) is 5.02 Å². The summed E-state index contributed by atoms with van der Waals surface area (Å²) in [6.07, 6.45) is 3.66. The number of alkyl halides is 1. The Balaban J connectivity index is 2.12. The van der Waals surface area contributed by atoms with Crippen LogP contribution in [0.1, 0.15) is 32.0 Å². The van der Waals surface area contributed by atoms with Gasteiger partial charge in [-0.05, 0) is 24.3 Å². The van der Waals surface area contributed by atoms with Crippen molar-refractivity contribution in [1.29, 1.82) is 0 Å². The van der Waals surface area contributed by atoms with Gasteiger partial charge < -0.3 is 4.57 Å². The maximum atomic E-state index is 13.7. The minimum Gasteiger partial charge on any atom is -0.326 e. The first-order valence-electron chi connectivity index (χ1n) is 6.42. The molecule has 0 atom stereocenters. The van der Waals surface area contributed by atoms with Gasteiger partial charge in [-0.15, -0.1) is 11.6 Å². The highest BCUT2D eigenvalue weighted by Gasteiger charge is 2.33. The van der Waals surface area contributed by atoms with Crippen molar-refractivity contribution < 1.29 is 4.39 Å². The molecule has 0 bridgehead atoms. The first-order valence-corrected chi connectivity index (χ1v) is 7.34. The van der Waals surface area contributed by atoms with Crippen LogP contribution in [-0.2, 0) is 12.4 Å². The standard InChI is InChI=1S/C14H15Cl2FN2/c1-14(3-2-4-14)8-19-12-6-10(17)9(16)5-11(12)18-13(19)7-15/h5-6H,2-4,7-8H2,1H3. The molecule has 0 spiro atoms. The number of aromatic nitrogens is 2. The Morgan fingerprint density at radius 2 is 2.16 bits per heavy atom. The normalized spacial score (nSPS) is 17.7. The lowest BCUT2D eigenvalue weighted by molar-refractivity contribution is 0.133. The molecule has 1 aromatic carbocycles. The lowest BCUT2D eigenvalue weighted by Crippen LogP contribution is -2.31. The maximum Gasteiger partial charge on any atom is 0.144 e. The van der Waals surface area contributed by atoms with Gasteiger partial charge in [0.2, 0.25) is 0 Å². The Hall–Kier alpha value is -0.800. The van der Waals surface area contributed by atoms with Crippen molar-refractivity contribution in [3.63, 3.8) is 0 Å². The van der Waals surface area contributed by atoms with Crippen molar-refractivity contribution in [2.75, 3.05) is 0 Å². The van der Waals surface area contributed by atoms with Gasteiger partial charge in [0.15, 0.2) is 0 Å². The highest BCUT2D eigenvalue weighted by Crippen LogP contribution is 2.42. The fourth-order valence-corrected chi connectivity index (χ4v) is 3.13. The fraction of sp³-hybridized carbons (Fsp3) is 0.500. The number of nitrogens with zero attached hydrogens (tertiary/aromatic N) is 2. The number of imidazole rings is 1. The van der Waals surface area contributed by atoms with E-state index in [0.717, 1.165) is 17.9 Å². The summed E-state index contributed by atoms with van der Waals surface area (Å²) < 4.78 is 15.7. The van der Waals surface area contributed by atoms with E-state index in [4.69, 9.17) is 23.2 Å². The van der Waals surface area contributed by atoms with Crippen molar-refractivity contribution >= 4 is 34.2 Å². The van der Waals surface area contributed by atoms with Gasteiger partial charge in [0.05, 0.1) is 21.9 Å². The molecule has 1 aliphatic carbocycles. The van der Waals surface area contributed by atoms with Gasteiger partial charge in [0, 0.05) is 12.6 Å². The Morgan fingerprint density at radius 3 is 2.74 bits per heavy atom. The van der Waals surface area contributed by atoms with E-state index in [1.54, 1.807) is 6.07 Å². The van der Waals surface area contributed by atoms with Crippen LogP contribution in [0.15, 0.2) is 12.1 Å². The van der Waals surface area contributed by atoms with Gasteiger partial charge in [-0.1, -0.05) is 24.9 Å². The van der Waals surface area contributed by atoms with Crippen LogP contribution in [-0.4, -0.2) is 9.55 Å². The number of hydrogen-bond donors (Lipinski definition) is 0. The van der Waals surface area contributed by atoms with Gasteiger partial charge in [-0.25, -0.2) is 9.37 Å². The van der Waals surface area contributed by atoms with E-state index in [2.05, 4.69) is 11.9 Å². The second-order valence-corrected chi connectivity index (χ2v) is 6.34. The maximum absolute atomic E-state index is 13.7. The summed E-state index contributed by atoms with van der Waals surface area (Å²) in [6.45, 7) is 3.10. The SMILES string of the molecule is CC1(Cn2c(CCl)nc3cc(Cl)c(F)cc32)CCC1. The molecule has 1 aliphatic rings. The summed E-state index contributed by atoms with van der Waals surface area (Å²) in [4.78, 5) is 4.46. The second-order valence-electron chi connectivity index (χ2n) is 5.67. The van der Waals surface area contributed by atoms with Gasteiger partial charge in [0.25, 0.3) is 0 Å². The summed E-state index contributed by atoms with van der Waals surface area (Å²) in [5, 5.41) is 0.105. The van der Waals surface area contributed by atoms with Gasteiger partial charge >= 0.3 is 0 Å². The van der Waals surface area contributed by atoms with Gasteiger partial charge in [-0.2, -0.15) is 0 Å². The molecule has 5 heteroatoms. The Kier molecular flexibility index (Phi) is 3.22. The fourth-order valence-electron chi connectivity index (χ4n) is 2.77. The molecule has 2 nitrogen and oxygen atoms in total. The minimum atomic E-state index is -0.407. The summed E-state index contributed by atoms with van der Waals surface area (Å²) in [5.74, 6) is 0.700.